The highest BCUT2D eigenvalue weighted by atomic mass is 16.4. The Hall–Kier alpha value is -1.88. The number of carbonyl (C=O) groups is 2. The SMILES string of the molecule is O=C(O)C1CCN(CCc2ccc(NC(=O)C3CCCCC3)cc2)CC1. The van der Waals surface area contributed by atoms with Gasteiger partial charge < -0.3 is 15.3 Å². The van der Waals surface area contributed by atoms with Gasteiger partial charge in [0, 0.05) is 18.2 Å². The minimum absolute atomic E-state index is 0.166. The molecule has 1 aromatic carbocycles. The lowest BCUT2D eigenvalue weighted by atomic mass is 9.88. The number of piperidine rings is 1. The molecule has 2 aliphatic rings. The molecule has 26 heavy (non-hydrogen) atoms. The van der Waals surface area contributed by atoms with Crippen molar-refractivity contribution in [1.82, 2.24) is 4.90 Å². The average molecular weight is 358 g/mol. The Labute approximate surface area is 155 Å². The van der Waals surface area contributed by atoms with Crippen LogP contribution in [-0.2, 0) is 16.0 Å². The Morgan fingerprint density at radius 3 is 2.23 bits per heavy atom. The van der Waals surface area contributed by atoms with Gasteiger partial charge in [0.1, 0.15) is 0 Å². The molecule has 2 fully saturated rings. The van der Waals surface area contributed by atoms with Gasteiger partial charge in [-0.25, -0.2) is 0 Å². The van der Waals surface area contributed by atoms with Crippen LogP contribution >= 0.6 is 0 Å². The highest BCUT2D eigenvalue weighted by molar-refractivity contribution is 5.92. The number of hydrogen-bond acceptors (Lipinski definition) is 3. The molecule has 1 aromatic rings. The van der Waals surface area contributed by atoms with E-state index in [0.29, 0.717) is 0 Å². The van der Waals surface area contributed by atoms with Crippen molar-refractivity contribution >= 4 is 17.6 Å². The van der Waals surface area contributed by atoms with Crippen LogP contribution in [0.5, 0.6) is 0 Å². The fraction of sp³-hybridized carbons (Fsp3) is 0.619. The fourth-order valence-corrected chi connectivity index (χ4v) is 4.05. The maximum atomic E-state index is 12.3. The third kappa shape index (κ3) is 5.31. The normalized spacial score (nSPS) is 20.0. The molecule has 3 rings (SSSR count). The van der Waals surface area contributed by atoms with Gasteiger partial charge in [-0.2, -0.15) is 0 Å². The van der Waals surface area contributed by atoms with E-state index in [1.165, 1.54) is 24.8 Å². The number of carbonyl (C=O) groups excluding carboxylic acids is 1. The Balaban J connectivity index is 1.41. The summed E-state index contributed by atoms with van der Waals surface area (Å²) in [6.07, 6.45) is 8.08. The summed E-state index contributed by atoms with van der Waals surface area (Å²) in [5.74, 6) is -0.482. The van der Waals surface area contributed by atoms with Gasteiger partial charge in [-0.1, -0.05) is 31.4 Å². The van der Waals surface area contributed by atoms with E-state index in [-0.39, 0.29) is 17.7 Å². The van der Waals surface area contributed by atoms with Crippen LogP contribution in [0, 0.1) is 11.8 Å². The van der Waals surface area contributed by atoms with E-state index in [9.17, 15) is 9.59 Å². The zero-order valence-corrected chi connectivity index (χ0v) is 15.5. The number of anilines is 1. The molecule has 1 aliphatic carbocycles. The smallest absolute Gasteiger partial charge is 0.306 e. The molecule has 5 nitrogen and oxygen atoms in total. The Bertz CT molecular complexity index is 600. The highest BCUT2D eigenvalue weighted by Crippen LogP contribution is 2.25. The Kier molecular flexibility index (Phi) is 6.67. The predicted octanol–water partition coefficient (Wildman–Crippen LogP) is 3.54. The Morgan fingerprint density at radius 2 is 1.62 bits per heavy atom. The summed E-state index contributed by atoms with van der Waals surface area (Å²) in [6.45, 7) is 2.69. The lowest BCUT2D eigenvalue weighted by Gasteiger charge is -2.29. The van der Waals surface area contributed by atoms with Crippen LogP contribution in [0.2, 0.25) is 0 Å². The molecule has 0 atom stereocenters. The molecule has 5 heteroatoms. The summed E-state index contributed by atoms with van der Waals surface area (Å²) in [5.41, 5.74) is 2.13. The number of nitrogens with zero attached hydrogens (tertiary/aromatic N) is 1. The first-order chi connectivity index (χ1) is 12.6. The van der Waals surface area contributed by atoms with E-state index in [1.807, 2.05) is 12.1 Å². The minimum Gasteiger partial charge on any atom is -0.481 e. The summed E-state index contributed by atoms with van der Waals surface area (Å²) in [7, 11) is 0. The van der Waals surface area contributed by atoms with E-state index in [2.05, 4.69) is 22.3 Å². The highest BCUT2D eigenvalue weighted by Gasteiger charge is 2.24. The van der Waals surface area contributed by atoms with Gasteiger partial charge in [-0.05, 0) is 62.9 Å². The van der Waals surface area contributed by atoms with Crippen molar-refractivity contribution in [2.45, 2.75) is 51.4 Å². The summed E-state index contributed by atoms with van der Waals surface area (Å²) in [6, 6.07) is 8.15. The van der Waals surface area contributed by atoms with Crippen LogP contribution in [0.15, 0.2) is 24.3 Å². The molecule has 0 aromatic heterocycles. The number of carboxylic acids is 1. The number of hydrogen-bond donors (Lipinski definition) is 2. The van der Waals surface area contributed by atoms with Gasteiger partial charge in [0.15, 0.2) is 0 Å². The van der Waals surface area contributed by atoms with E-state index >= 15 is 0 Å². The third-order valence-electron chi connectivity index (χ3n) is 5.85. The zero-order valence-electron chi connectivity index (χ0n) is 15.5. The van der Waals surface area contributed by atoms with Crippen LogP contribution in [0.25, 0.3) is 0 Å². The van der Waals surface area contributed by atoms with E-state index in [0.717, 1.165) is 57.4 Å². The molecule has 1 amide bonds. The molecule has 0 unspecified atom stereocenters. The number of rotatable bonds is 6. The van der Waals surface area contributed by atoms with Crippen molar-refractivity contribution in [3.05, 3.63) is 29.8 Å². The lowest BCUT2D eigenvalue weighted by molar-refractivity contribution is -0.143. The summed E-state index contributed by atoms with van der Waals surface area (Å²) in [5, 5.41) is 12.1. The first-order valence-corrected chi connectivity index (χ1v) is 9.97. The van der Waals surface area contributed by atoms with Crippen molar-refractivity contribution in [2.75, 3.05) is 25.0 Å². The summed E-state index contributed by atoms with van der Waals surface area (Å²) < 4.78 is 0. The lowest BCUT2D eigenvalue weighted by Crippen LogP contribution is -2.37. The minimum atomic E-state index is -0.657. The molecule has 1 aliphatic heterocycles. The summed E-state index contributed by atoms with van der Waals surface area (Å²) in [4.78, 5) is 25.6. The van der Waals surface area contributed by atoms with Gasteiger partial charge >= 0.3 is 5.97 Å². The van der Waals surface area contributed by atoms with Crippen molar-refractivity contribution in [2.24, 2.45) is 11.8 Å². The number of nitrogens with one attached hydrogen (secondary N) is 1. The van der Waals surface area contributed by atoms with Crippen molar-refractivity contribution in [1.29, 1.82) is 0 Å². The maximum Gasteiger partial charge on any atom is 0.306 e. The fourth-order valence-electron chi connectivity index (χ4n) is 4.05. The van der Waals surface area contributed by atoms with Crippen molar-refractivity contribution < 1.29 is 14.7 Å². The van der Waals surface area contributed by atoms with Gasteiger partial charge in [-0.3, -0.25) is 9.59 Å². The van der Waals surface area contributed by atoms with Crippen LogP contribution in [0.3, 0.4) is 0 Å². The largest absolute Gasteiger partial charge is 0.481 e. The molecular weight excluding hydrogens is 328 g/mol. The second-order valence-corrected chi connectivity index (χ2v) is 7.73. The predicted molar refractivity (Wildman–Crippen MR) is 102 cm³/mol. The van der Waals surface area contributed by atoms with Gasteiger partial charge in [0.2, 0.25) is 5.91 Å². The molecule has 1 saturated carbocycles. The molecule has 142 valence electrons. The summed E-state index contributed by atoms with van der Waals surface area (Å²) >= 11 is 0. The molecule has 0 bridgehead atoms. The average Bonchev–Trinajstić information content (AvgIpc) is 2.68. The number of aliphatic carboxylic acids is 1. The van der Waals surface area contributed by atoms with Crippen LogP contribution in [0.4, 0.5) is 5.69 Å². The van der Waals surface area contributed by atoms with Crippen LogP contribution in [0.1, 0.15) is 50.5 Å². The topological polar surface area (TPSA) is 69.6 Å². The van der Waals surface area contributed by atoms with E-state index in [4.69, 9.17) is 5.11 Å². The molecule has 0 spiro atoms. The van der Waals surface area contributed by atoms with Gasteiger partial charge in [-0.15, -0.1) is 0 Å². The van der Waals surface area contributed by atoms with Gasteiger partial charge in [0.05, 0.1) is 5.92 Å². The van der Waals surface area contributed by atoms with Crippen molar-refractivity contribution in [3.63, 3.8) is 0 Å². The van der Waals surface area contributed by atoms with Gasteiger partial charge in [0.25, 0.3) is 0 Å². The number of carboxylic acid groups (broad SMARTS) is 1. The second kappa shape index (κ2) is 9.17. The van der Waals surface area contributed by atoms with E-state index in [1.54, 1.807) is 0 Å². The maximum absolute atomic E-state index is 12.3. The van der Waals surface area contributed by atoms with Crippen molar-refractivity contribution in [3.8, 4) is 0 Å². The number of amides is 1. The molecule has 0 radical (unpaired) electrons. The molecule has 2 N–H and O–H groups in total. The number of benzene rings is 1. The number of likely N-dealkylation sites (tertiary alicyclic amines) is 1. The second-order valence-electron chi connectivity index (χ2n) is 7.73. The van der Waals surface area contributed by atoms with Crippen LogP contribution in [-0.4, -0.2) is 41.5 Å². The quantitative estimate of drug-likeness (QED) is 0.816. The first-order valence-electron chi connectivity index (χ1n) is 9.97. The first kappa shape index (κ1) is 18.9. The molecule has 1 heterocycles. The van der Waals surface area contributed by atoms with Crippen LogP contribution < -0.4 is 5.32 Å². The monoisotopic (exact) mass is 358 g/mol. The third-order valence-corrected chi connectivity index (χ3v) is 5.85. The molecule has 1 saturated heterocycles. The standard InChI is InChI=1S/C21H30N2O3/c24-20(17-4-2-1-3-5-17)22-19-8-6-16(7-9-19)10-13-23-14-11-18(12-15-23)21(25)26/h6-9,17-18H,1-5,10-15H2,(H,22,24)(H,25,26). The zero-order chi connectivity index (χ0) is 18.4. The Morgan fingerprint density at radius 1 is 0.962 bits per heavy atom. The molecular formula is C21H30N2O3. The van der Waals surface area contributed by atoms with E-state index < -0.39 is 5.97 Å².